The van der Waals surface area contributed by atoms with Crippen molar-refractivity contribution in [2.45, 2.75) is 37.5 Å². The minimum Gasteiger partial charge on any atom is -0.508 e. The van der Waals surface area contributed by atoms with Gasteiger partial charge in [0.05, 0.1) is 16.2 Å². The van der Waals surface area contributed by atoms with Crippen molar-refractivity contribution in [1.29, 1.82) is 0 Å². The molecule has 0 unspecified atom stereocenters. The molecule has 2 aromatic rings. The molecule has 7 heteroatoms. The fourth-order valence-electron chi connectivity index (χ4n) is 2.69. The Morgan fingerprint density at radius 1 is 1.04 bits per heavy atom. The second kappa shape index (κ2) is 10.0. The highest BCUT2D eigenvalue weighted by Crippen LogP contribution is 2.19. The van der Waals surface area contributed by atoms with Crippen LogP contribution in [0.2, 0.25) is 0 Å². The number of hydrogen-bond acceptors (Lipinski definition) is 5. The average molecular weight is 404 g/mol. The zero-order valence-electron chi connectivity index (χ0n) is 15.8. The molecule has 0 saturated heterocycles. The number of phenolic OH excluding ortho intramolecular Hbond substituents is 1. The van der Waals surface area contributed by atoms with Gasteiger partial charge in [0.1, 0.15) is 11.5 Å². The van der Waals surface area contributed by atoms with Gasteiger partial charge in [0.25, 0.3) is 5.91 Å². The molecule has 0 spiro atoms. The van der Waals surface area contributed by atoms with Gasteiger partial charge in [-0.25, -0.2) is 8.42 Å². The average Bonchev–Trinajstić information content (AvgIpc) is 2.68. The van der Waals surface area contributed by atoms with Crippen molar-refractivity contribution < 1.29 is 23.1 Å². The predicted molar refractivity (Wildman–Crippen MR) is 107 cm³/mol. The summed E-state index contributed by atoms with van der Waals surface area (Å²) in [6.45, 7) is 2.48. The number of phenols is 1. The number of sulfone groups is 1. The van der Waals surface area contributed by atoms with E-state index in [-0.39, 0.29) is 40.6 Å². The van der Waals surface area contributed by atoms with E-state index in [9.17, 15) is 23.1 Å². The molecule has 0 aliphatic heterocycles. The Labute approximate surface area is 165 Å². The number of amides is 1. The van der Waals surface area contributed by atoms with Gasteiger partial charge < -0.3 is 10.4 Å². The maximum Gasteiger partial charge on any atom is 0.252 e. The summed E-state index contributed by atoms with van der Waals surface area (Å²) in [5.74, 6) is -0.904. The Morgan fingerprint density at radius 2 is 1.71 bits per heavy atom. The van der Waals surface area contributed by atoms with Gasteiger partial charge in [-0.1, -0.05) is 37.6 Å². The second-order valence-corrected chi connectivity index (χ2v) is 8.63. The summed E-state index contributed by atoms with van der Waals surface area (Å²) in [6.07, 6.45) is 1.68. The fraction of sp³-hybridized carbons (Fsp3) is 0.333. The first-order valence-electron chi connectivity index (χ1n) is 9.23. The Balaban J connectivity index is 2.05. The van der Waals surface area contributed by atoms with Crippen molar-refractivity contribution in [2.75, 3.05) is 12.3 Å². The largest absolute Gasteiger partial charge is 0.508 e. The molecule has 0 radical (unpaired) electrons. The van der Waals surface area contributed by atoms with Crippen LogP contribution in [0.25, 0.3) is 0 Å². The van der Waals surface area contributed by atoms with Crippen molar-refractivity contribution in [3.05, 3.63) is 59.7 Å². The highest BCUT2D eigenvalue weighted by atomic mass is 32.2. The maximum atomic E-state index is 12.7. The van der Waals surface area contributed by atoms with Crippen molar-refractivity contribution in [1.82, 2.24) is 5.32 Å². The lowest BCUT2D eigenvalue weighted by atomic mass is 10.1. The third kappa shape index (κ3) is 6.20. The van der Waals surface area contributed by atoms with Crippen LogP contribution in [0.3, 0.4) is 0 Å². The van der Waals surface area contributed by atoms with Crippen LogP contribution >= 0.6 is 0 Å². The topological polar surface area (TPSA) is 101 Å². The molecule has 28 heavy (non-hydrogen) atoms. The zero-order chi connectivity index (χ0) is 20.6. The highest BCUT2D eigenvalue weighted by molar-refractivity contribution is 7.91. The summed E-state index contributed by atoms with van der Waals surface area (Å²) >= 11 is 0. The van der Waals surface area contributed by atoms with Gasteiger partial charge in [-0.05, 0) is 36.2 Å². The smallest absolute Gasteiger partial charge is 0.252 e. The predicted octanol–water partition coefficient (Wildman–Crippen LogP) is 2.90. The SMILES string of the molecule is CCCCNC(=O)c1ccccc1S(=O)(=O)CCC(=O)Cc1ccc(O)cc1. The standard InChI is InChI=1S/C21H25NO5S/c1-2-3-13-22-21(25)19-6-4-5-7-20(19)28(26,27)14-12-18(24)15-16-8-10-17(23)11-9-16/h4-11,23H,2-3,12-15H2,1H3,(H,22,25). The maximum absolute atomic E-state index is 12.7. The van der Waals surface area contributed by atoms with Crippen LogP contribution in [-0.2, 0) is 21.1 Å². The molecule has 0 atom stereocenters. The van der Waals surface area contributed by atoms with Crippen molar-refractivity contribution in [3.8, 4) is 5.75 Å². The lowest BCUT2D eigenvalue weighted by Gasteiger charge is -2.11. The van der Waals surface area contributed by atoms with E-state index in [0.717, 1.165) is 12.8 Å². The summed E-state index contributed by atoms with van der Waals surface area (Å²) in [5, 5.41) is 12.0. The van der Waals surface area contributed by atoms with Gasteiger partial charge in [0.15, 0.2) is 9.84 Å². The minimum absolute atomic E-state index is 0.0542. The highest BCUT2D eigenvalue weighted by Gasteiger charge is 2.23. The summed E-state index contributed by atoms with van der Waals surface area (Å²) in [6, 6.07) is 12.3. The lowest BCUT2D eigenvalue weighted by molar-refractivity contribution is -0.118. The van der Waals surface area contributed by atoms with Gasteiger partial charge in [0.2, 0.25) is 0 Å². The summed E-state index contributed by atoms with van der Waals surface area (Å²) in [4.78, 5) is 24.4. The summed E-state index contributed by atoms with van der Waals surface area (Å²) < 4.78 is 25.4. The van der Waals surface area contributed by atoms with Crippen LogP contribution in [-0.4, -0.2) is 37.5 Å². The Bertz CT molecular complexity index is 920. The molecule has 2 aromatic carbocycles. The molecule has 0 fully saturated rings. The quantitative estimate of drug-likeness (QED) is 0.594. The van der Waals surface area contributed by atoms with Crippen LogP contribution in [0.15, 0.2) is 53.4 Å². The normalized spacial score (nSPS) is 11.2. The van der Waals surface area contributed by atoms with E-state index in [1.165, 1.54) is 24.3 Å². The number of Topliss-reactive ketones (excluding diaryl/α,β-unsaturated/α-hetero) is 1. The zero-order valence-corrected chi connectivity index (χ0v) is 16.7. The number of carbonyl (C=O) groups excluding carboxylic acids is 2. The van der Waals surface area contributed by atoms with Crippen molar-refractivity contribution in [3.63, 3.8) is 0 Å². The monoisotopic (exact) mass is 403 g/mol. The first kappa shape index (κ1) is 21.6. The second-order valence-electron chi connectivity index (χ2n) is 6.56. The van der Waals surface area contributed by atoms with Crippen LogP contribution in [0.4, 0.5) is 0 Å². The van der Waals surface area contributed by atoms with E-state index in [1.807, 2.05) is 6.92 Å². The molecule has 0 heterocycles. The number of nitrogens with one attached hydrogen (secondary N) is 1. The van der Waals surface area contributed by atoms with Crippen LogP contribution in [0.1, 0.15) is 42.1 Å². The molecule has 1 amide bonds. The summed E-state index contributed by atoms with van der Waals surface area (Å²) in [7, 11) is -3.78. The molecule has 6 nitrogen and oxygen atoms in total. The third-order valence-corrected chi connectivity index (χ3v) is 6.04. The molecular formula is C21H25NO5S. The molecular weight excluding hydrogens is 378 g/mol. The molecule has 0 saturated carbocycles. The fourth-order valence-corrected chi connectivity index (χ4v) is 4.19. The molecule has 0 aliphatic carbocycles. The van der Waals surface area contributed by atoms with E-state index in [2.05, 4.69) is 5.32 Å². The summed E-state index contributed by atoms with van der Waals surface area (Å²) in [5.41, 5.74) is 0.806. The van der Waals surface area contributed by atoms with Crippen LogP contribution in [0.5, 0.6) is 5.75 Å². The molecule has 150 valence electrons. The number of unbranched alkanes of at least 4 members (excludes halogenated alkanes) is 1. The van der Waals surface area contributed by atoms with Crippen molar-refractivity contribution >= 4 is 21.5 Å². The van der Waals surface area contributed by atoms with E-state index < -0.39 is 15.7 Å². The van der Waals surface area contributed by atoms with E-state index in [4.69, 9.17) is 0 Å². The van der Waals surface area contributed by atoms with Gasteiger partial charge >= 0.3 is 0 Å². The van der Waals surface area contributed by atoms with Gasteiger partial charge in [0, 0.05) is 19.4 Å². The van der Waals surface area contributed by atoms with E-state index >= 15 is 0 Å². The molecule has 0 aromatic heterocycles. The molecule has 0 bridgehead atoms. The van der Waals surface area contributed by atoms with Gasteiger partial charge in [-0.2, -0.15) is 0 Å². The van der Waals surface area contributed by atoms with Gasteiger partial charge in [-0.3, -0.25) is 9.59 Å². The number of carbonyl (C=O) groups is 2. The Hall–Kier alpha value is -2.67. The van der Waals surface area contributed by atoms with Crippen LogP contribution in [0, 0.1) is 0 Å². The number of rotatable bonds is 10. The number of ketones is 1. The number of benzene rings is 2. The molecule has 2 rings (SSSR count). The molecule has 0 aliphatic rings. The number of hydrogen-bond donors (Lipinski definition) is 2. The van der Waals surface area contributed by atoms with E-state index in [0.29, 0.717) is 12.1 Å². The Kier molecular flexibility index (Phi) is 7.75. The Morgan fingerprint density at radius 3 is 2.39 bits per heavy atom. The third-order valence-electron chi connectivity index (χ3n) is 4.27. The van der Waals surface area contributed by atoms with Crippen molar-refractivity contribution in [2.24, 2.45) is 0 Å². The lowest BCUT2D eigenvalue weighted by Crippen LogP contribution is -2.26. The van der Waals surface area contributed by atoms with Gasteiger partial charge in [-0.15, -0.1) is 0 Å². The van der Waals surface area contributed by atoms with Crippen LogP contribution < -0.4 is 5.32 Å². The van der Waals surface area contributed by atoms with E-state index in [1.54, 1.807) is 24.3 Å². The molecule has 2 N–H and O–H groups in total. The minimum atomic E-state index is -3.78. The number of aromatic hydroxyl groups is 1. The first-order valence-corrected chi connectivity index (χ1v) is 10.9. The first-order chi connectivity index (χ1) is 13.3.